The van der Waals surface area contributed by atoms with E-state index >= 15 is 0 Å². The van der Waals surface area contributed by atoms with Gasteiger partial charge in [0.1, 0.15) is 17.6 Å². The Kier molecular flexibility index (Phi) is 4.29. The highest BCUT2D eigenvalue weighted by Gasteiger charge is 2.18. The van der Waals surface area contributed by atoms with E-state index in [1.54, 1.807) is 37.1 Å². The number of ether oxygens (including phenoxy) is 2. The zero-order chi connectivity index (χ0) is 14.7. The average Bonchev–Trinajstić information content (AvgIpc) is 2.86. The van der Waals surface area contributed by atoms with E-state index in [1.807, 2.05) is 19.9 Å². The molecule has 0 aliphatic heterocycles. The number of aryl methyl sites for hydroxylation is 2. The summed E-state index contributed by atoms with van der Waals surface area (Å²) in [6, 6.07) is 7.27. The van der Waals surface area contributed by atoms with Crippen molar-refractivity contribution in [2.45, 2.75) is 26.5 Å². The van der Waals surface area contributed by atoms with Crippen LogP contribution in [0.2, 0.25) is 0 Å². The van der Waals surface area contributed by atoms with Crippen molar-refractivity contribution in [3.8, 4) is 11.5 Å². The second-order valence-electron chi connectivity index (χ2n) is 4.57. The number of aliphatic hydroxyl groups is 1. The van der Waals surface area contributed by atoms with Crippen molar-refractivity contribution in [1.82, 2.24) is 9.78 Å². The molecule has 1 N–H and O–H groups in total. The van der Waals surface area contributed by atoms with Gasteiger partial charge in [0.15, 0.2) is 0 Å². The zero-order valence-corrected chi connectivity index (χ0v) is 12.3. The van der Waals surface area contributed by atoms with Crippen molar-refractivity contribution in [3.05, 3.63) is 41.2 Å². The molecule has 1 aromatic heterocycles. The van der Waals surface area contributed by atoms with Crippen LogP contribution >= 0.6 is 0 Å². The fourth-order valence-electron chi connectivity index (χ4n) is 2.20. The maximum absolute atomic E-state index is 10.6. The molecule has 5 nitrogen and oxygen atoms in total. The second-order valence-corrected chi connectivity index (χ2v) is 4.57. The van der Waals surface area contributed by atoms with Gasteiger partial charge >= 0.3 is 0 Å². The van der Waals surface area contributed by atoms with Gasteiger partial charge in [-0.1, -0.05) is 0 Å². The highest BCUT2D eigenvalue weighted by atomic mass is 16.5. The summed E-state index contributed by atoms with van der Waals surface area (Å²) in [5, 5.41) is 14.9. The first kappa shape index (κ1) is 14.4. The van der Waals surface area contributed by atoms with Crippen LogP contribution < -0.4 is 9.47 Å². The molecule has 20 heavy (non-hydrogen) atoms. The molecular weight excluding hydrogens is 256 g/mol. The Hall–Kier alpha value is -2.01. The predicted molar refractivity (Wildman–Crippen MR) is 76.2 cm³/mol. The number of methoxy groups -OCH3 is 2. The van der Waals surface area contributed by atoms with E-state index in [2.05, 4.69) is 5.10 Å². The van der Waals surface area contributed by atoms with E-state index in [1.165, 1.54) is 0 Å². The lowest BCUT2D eigenvalue weighted by atomic mass is 10.1. The van der Waals surface area contributed by atoms with Gasteiger partial charge in [0.2, 0.25) is 0 Å². The fraction of sp³-hybridized carbons (Fsp3) is 0.400. The third kappa shape index (κ3) is 2.77. The summed E-state index contributed by atoms with van der Waals surface area (Å²) >= 11 is 0. The Morgan fingerprint density at radius 2 is 1.75 bits per heavy atom. The van der Waals surface area contributed by atoms with Gasteiger partial charge in [0.25, 0.3) is 0 Å². The smallest absolute Gasteiger partial charge is 0.122 e. The van der Waals surface area contributed by atoms with Crippen LogP contribution in [0.1, 0.15) is 30.0 Å². The van der Waals surface area contributed by atoms with Crippen LogP contribution in [0.15, 0.2) is 24.3 Å². The third-order valence-corrected chi connectivity index (χ3v) is 3.20. The van der Waals surface area contributed by atoms with Crippen molar-refractivity contribution in [1.29, 1.82) is 0 Å². The van der Waals surface area contributed by atoms with Crippen LogP contribution in [0.25, 0.3) is 0 Å². The quantitative estimate of drug-likeness (QED) is 0.910. The van der Waals surface area contributed by atoms with Crippen molar-refractivity contribution in [3.63, 3.8) is 0 Å². The molecule has 0 spiro atoms. The van der Waals surface area contributed by atoms with Gasteiger partial charge in [-0.25, -0.2) is 0 Å². The van der Waals surface area contributed by atoms with Crippen LogP contribution in [0, 0.1) is 6.92 Å². The summed E-state index contributed by atoms with van der Waals surface area (Å²) < 4.78 is 12.3. The van der Waals surface area contributed by atoms with E-state index in [0.29, 0.717) is 18.0 Å². The molecule has 108 valence electrons. The highest BCUT2D eigenvalue weighted by Crippen LogP contribution is 2.30. The van der Waals surface area contributed by atoms with E-state index < -0.39 is 6.10 Å². The van der Waals surface area contributed by atoms with Gasteiger partial charge in [-0.05, 0) is 37.6 Å². The summed E-state index contributed by atoms with van der Waals surface area (Å²) in [6.07, 6.45) is -0.764. The molecule has 2 aromatic rings. The normalized spacial score (nSPS) is 12.2. The summed E-state index contributed by atoms with van der Waals surface area (Å²) in [5.74, 6) is 1.30. The van der Waals surface area contributed by atoms with E-state index in [4.69, 9.17) is 9.47 Å². The monoisotopic (exact) mass is 276 g/mol. The number of nitrogens with zero attached hydrogens (tertiary/aromatic N) is 2. The van der Waals surface area contributed by atoms with Crippen LogP contribution in [0.3, 0.4) is 0 Å². The predicted octanol–water partition coefficient (Wildman–Crippen LogP) is 2.31. The van der Waals surface area contributed by atoms with Crippen LogP contribution in [-0.2, 0) is 6.54 Å². The lowest BCUT2D eigenvalue weighted by Gasteiger charge is -2.15. The average molecular weight is 276 g/mol. The molecule has 1 aromatic carbocycles. The number of hydrogen-bond acceptors (Lipinski definition) is 4. The number of benzene rings is 1. The molecule has 0 bridgehead atoms. The molecule has 0 amide bonds. The summed E-state index contributed by atoms with van der Waals surface area (Å²) in [5.41, 5.74) is 2.37. The van der Waals surface area contributed by atoms with Crippen molar-refractivity contribution in [2.75, 3.05) is 14.2 Å². The maximum atomic E-state index is 10.6. The van der Waals surface area contributed by atoms with Gasteiger partial charge in [-0.2, -0.15) is 5.10 Å². The topological polar surface area (TPSA) is 56.5 Å². The largest absolute Gasteiger partial charge is 0.497 e. The molecule has 5 heteroatoms. The highest BCUT2D eigenvalue weighted by molar-refractivity contribution is 5.41. The summed E-state index contributed by atoms with van der Waals surface area (Å²) in [6.45, 7) is 4.62. The molecule has 2 rings (SSSR count). The molecule has 1 heterocycles. The Morgan fingerprint density at radius 3 is 2.25 bits per heavy atom. The Bertz CT molecular complexity index is 571. The van der Waals surface area contributed by atoms with Gasteiger partial charge < -0.3 is 14.6 Å². The van der Waals surface area contributed by atoms with Crippen molar-refractivity contribution >= 4 is 0 Å². The van der Waals surface area contributed by atoms with Crippen molar-refractivity contribution in [2.24, 2.45) is 0 Å². The Balaban J connectivity index is 2.43. The van der Waals surface area contributed by atoms with Crippen LogP contribution in [0.4, 0.5) is 0 Å². The number of aromatic nitrogens is 2. The summed E-state index contributed by atoms with van der Waals surface area (Å²) in [4.78, 5) is 0. The molecule has 0 saturated carbocycles. The first-order chi connectivity index (χ1) is 9.58. The maximum Gasteiger partial charge on any atom is 0.122 e. The molecule has 0 aliphatic carbocycles. The van der Waals surface area contributed by atoms with Crippen molar-refractivity contribution < 1.29 is 14.6 Å². The summed E-state index contributed by atoms with van der Waals surface area (Å²) in [7, 11) is 3.18. The minimum atomic E-state index is -0.764. The van der Waals surface area contributed by atoms with Gasteiger partial charge in [-0.15, -0.1) is 0 Å². The Labute approximate surface area is 118 Å². The lowest BCUT2D eigenvalue weighted by Crippen LogP contribution is -2.09. The number of aliphatic hydroxyl groups excluding tert-OH is 1. The third-order valence-electron chi connectivity index (χ3n) is 3.20. The van der Waals surface area contributed by atoms with Gasteiger partial charge in [0, 0.05) is 12.6 Å². The Morgan fingerprint density at radius 1 is 1.15 bits per heavy atom. The van der Waals surface area contributed by atoms with Gasteiger partial charge in [-0.3, -0.25) is 4.68 Å². The van der Waals surface area contributed by atoms with Crippen LogP contribution in [-0.4, -0.2) is 29.1 Å². The number of hydrogen-bond donors (Lipinski definition) is 1. The molecule has 1 unspecified atom stereocenters. The molecule has 0 fully saturated rings. The SMILES string of the molecule is CCn1nc(C)cc1C(O)c1cc(OC)cc(OC)c1. The molecule has 0 radical (unpaired) electrons. The number of rotatable bonds is 5. The standard InChI is InChI=1S/C15H20N2O3/c1-5-17-14(6-10(2)16-17)15(18)11-7-12(19-3)9-13(8-11)20-4/h6-9,15,18H,5H2,1-4H3. The first-order valence-corrected chi connectivity index (χ1v) is 6.54. The minimum absolute atomic E-state index is 0.651. The second kappa shape index (κ2) is 5.96. The lowest BCUT2D eigenvalue weighted by molar-refractivity contribution is 0.207. The zero-order valence-electron chi connectivity index (χ0n) is 12.3. The van der Waals surface area contributed by atoms with E-state index in [9.17, 15) is 5.11 Å². The van der Waals surface area contributed by atoms with E-state index in [-0.39, 0.29) is 0 Å². The first-order valence-electron chi connectivity index (χ1n) is 6.54. The minimum Gasteiger partial charge on any atom is -0.497 e. The van der Waals surface area contributed by atoms with E-state index in [0.717, 1.165) is 17.0 Å². The molecule has 0 aliphatic rings. The molecule has 0 saturated heterocycles. The fourth-order valence-corrected chi connectivity index (χ4v) is 2.20. The molecular formula is C15H20N2O3. The van der Waals surface area contributed by atoms with Gasteiger partial charge in [0.05, 0.1) is 25.6 Å². The molecule has 1 atom stereocenters. The van der Waals surface area contributed by atoms with Crippen LogP contribution in [0.5, 0.6) is 11.5 Å².